The van der Waals surface area contributed by atoms with Gasteiger partial charge in [-0.3, -0.25) is 4.68 Å². The highest BCUT2D eigenvalue weighted by atomic mass is 19.4. The summed E-state index contributed by atoms with van der Waals surface area (Å²) in [5.74, 6) is -2.71. The van der Waals surface area contributed by atoms with Crippen LogP contribution in [0.3, 0.4) is 0 Å². The Kier molecular flexibility index (Phi) is 4.09. The molecule has 0 radical (unpaired) electrons. The Morgan fingerprint density at radius 1 is 1.23 bits per heavy atom. The Bertz CT molecular complexity index is 789. The monoisotopic (exact) mass is 375 g/mol. The first-order valence-corrected chi connectivity index (χ1v) is 8.54. The molecule has 26 heavy (non-hydrogen) atoms. The van der Waals surface area contributed by atoms with E-state index in [-0.39, 0.29) is 24.5 Å². The highest BCUT2D eigenvalue weighted by Gasteiger charge is 2.42. The van der Waals surface area contributed by atoms with Gasteiger partial charge in [0.25, 0.3) is 0 Å². The largest absolute Gasteiger partial charge is 0.417 e. The summed E-state index contributed by atoms with van der Waals surface area (Å²) in [5, 5.41) is 4.40. The van der Waals surface area contributed by atoms with Crippen molar-refractivity contribution in [2.75, 3.05) is 13.2 Å². The lowest BCUT2D eigenvalue weighted by Crippen LogP contribution is -2.16. The molecule has 2 aliphatic rings. The molecule has 0 bridgehead atoms. The molecule has 9 heteroatoms. The van der Waals surface area contributed by atoms with Crippen LogP contribution >= 0.6 is 0 Å². The number of rotatable bonds is 3. The molecule has 1 saturated heterocycles. The van der Waals surface area contributed by atoms with E-state index in [0.717, 1.165) is 24.4 Å². The van der Waals surface area contributed by atoms with Crippen molar-refractivity contribution in [1.29, 1.82) is 0 Å². The Labute approximate surface area is 146 Å². The summed E-state index contributed by atoms with van der Waals surface area (Å²) in [5.41, 5.74) is 0.516. The zero-order valence-corrected chi connectivity index (χ0v) is 13.8. The minimum Gasteiger partial charge on any atom is -0.381 e. The molecule has 3 heterocycles. The standard InChI is InChI=1S/C17H18F5N3O/c18-16(19)3-1-12(7-16)25-15(10-2-4-26-9-10)6-14(24-25)13-5-11(8-23-13)17(20,21)22/h5-6,8,10,12,23H,1-4,7,9H2. The van der Waals surface area contributed by atoms with E-state index in [1.54, 1.807) is 10.7 Å². The molecular weight excluding hydrogens is 357 g/mol. The van der Waals surface area contributed by atoms with Crippen molar-refractivity contribution in [2.45, 2.75) is 49.7 Å². The van der Waals surface area contributed by atoms with Gasteiger partial charge in [-0.2, -0.15) is 18.3 Å². The molecule has 142 valence electrons. The van der Waals surface area contributed by atoms with E-state index >= 15 is 0 Å². The molecule has 2 atom stereocenters. The van der Waals surface area contributed by atoms with E-state index in [0.29, 0.717) is 25.3 Å². The summed E-state index contributed by atoms with van der Waals surface area (Å²) < 4.78 is 72.8. The first-order chi connectivity index (χ1) is 12.2. The number of aromatic nitrogens is 3. The minimum absolute atomic E-state index is 0.0162. The van der Waals surface area contributed by atoms with E-state index in [2.05, 4.69) is 10.1 Å². The zero-order chi connectivity index (χ0) is 18.5. The van der Waals surface area contributed by atoms with E-state index in [1.165, 1.54) is 0 Å². The van der Waals surface area contributed by atoms with E-state index in [9.17, 15) is 22.0 Å². The number of nitrogens with zero attached hydrogens (tertiary/aromatic N) is 2. The fraction of sp³-hybridized carbons (Fsp3) is 0.588. The van der Waals surface area contributed by atoms with E-state index < -0.39 is 23.7 Å². The van der Waals surface area contributed by atoms with E-state index in [1.807, 2.05) is 0 Å². The third-order valence-electron chi connectivity index (χ3n) is 5.12. The number of hydrogen-bond donors (Lipinski definition) is 1. The molecule has 0 spiro atoms. The van der Waals surface area contributed by atoms with Crippen molar-refractivity contribution >= 4 is 0 Å². The van der Waals surface area contributed by atoms with Crippen LogP contribution in [0.2, 0.25) is 0 Å². The molecule has 0 amide bonds. The minimum atomic E-state index is -4.45. The average Bonchev–Trinajstić information content (AvgIpc) is 3.32. The number of alkyl halides is 5. The summed E-state index contributed by atoms with van der Waals surface area (Å²) in [6.07, 6.45) is -3.02. The van der Waals surface area contributed by atoms with Crippen LogP contribution in [0.1, 0.15) is 48.9 Å². The Hall–Kier alpha value is -1.90. The molecule has 2 fully saturated rings. The van der Waals surface area contributed by atoms with Crippen LogP contribution in [0, 0.1) is 0 Å². The van der Waals surface area contributed by atoms with Crippen LogP contribution in [-0.4, -0.2) is 33.9 Å². The highest BCUT2D eigenvalue weighted by Crippen LogP contribution is 2.43. The molecule has 1 aliphatic carbocycles. The van der Waals surface area contributed by atoms with Gasteiger partial charge >= 0.3 is 6.18 Å². The maximum Gasteiger partial charge on any atom is 0.417 e. The first-order valence-electron chi connectivity index (χ1n) is 8.54. The fourth-order valence-corrected chi connectivity index (χ4v) is 3.75. The molecule has 2 unspecified atom stereocenters. The number of nitrogens with one attached hydrogen (secondary N) is 1. The Morgan fingerprint density at radius 2 is 2.04 bits per heavy atom. The van der Waals surface area contributed by atoms with Gasteiger partial charge in [-0.05, 0) is 25.0 Å². The summed E-state index contributed by atoms with van der Waals surface area (Å²) in [7, 11) is 0. The molecule has 2 aromatic rings. The average molecular weight is 375 g/mol. The SMILES string of the molecule is FC1(F)CCC(n2nc(-c3cc(C(F)(F)F)c[nH]3)cc2C2CCOC2)C1. The van der Waals surface area contributed by atoms with Gasteiger partial charge in [0, 0.05) is 37.3 Å². The van der Waals surface area contributed by atoms with Gasteiger partial charge in [-0.25, -0.2) is 8.78 Å². The summed E-state index contributed by atoms with van der Waals surface area (Å²) in [4.78, 5) is 2.59. The molecular formula is C17H18F5N3O. The smallest absolute Gasteiger partial charge is 0.381 e. The van der Waals surface area contributed by atoms with Crippen LogP contribution in [0.25, 0.3) is 11.4 Å². The lowest BCUT2D eigenvalue weighted by Gasteiger charge is -2.17. The van der Waals surface area contributed by atoms with Crippen LogP contribution in [0.15, 0.2) is 18.3 Å². The highest BCUT2D eigenvalue weighted by molar-refractivity contribution is 5.57. The van der Waals surface area contributed by atoms with Crippen molar-refractivity contribution in [2.24, 2.45) is 0 Å². The summed E-state index contributed by atoms with van der Waals surface area (Å²) >= 11 is 0. The second-order valence-corrected chi connectivity index (χ2v) is 7.01. The molecule has 0 aromatic carbocycles. The Balaban J connectivity index is 1.70. The number of aromatic amines is 1. The second kappa shape index (κ2) is 6.07. The van der Waals surface area contributed by atoms with Crippen molar-refractivity contribution in [3.63, 3.8) is 0 Å². The quantitative estimate of drug-likeness (QED) is 0.786. The predicted octanol–water partition coefficient (Wildman–Crippen LogP) is 4.76. The normalized spacial score (nSPS) is 25.9. The van der Waals surface area contributed by atoms with Gasteiger partial charge in [0.05, 0.1) is 23.9 Å². The number of H-pyrrole nitrogens is 1. The second-order valence-electron chi connectivity index (χ2n) is 7.01. The molecule has 1 aliphatic heterocycles. The van der Waals surface area contributed by atoms with Crippen LogP contribution in [0.5, 0.6) is 0 Å². The molecule has 4 rings (SSSR count). The third-order valence-corrected chi connectivity index (χ3v) is 5.12. The fourth-order valence-electron chi connectivity index (χ4n) is 3.75. The van der Waals surface area contributed by atoms with Gasteiger partial charge in [0.1, 0.15) is 5.69 Å². The van der Waals surface area contributed by atoms with Crippen molar-refractivity contribution in [1.82, 2.24) is 14.8 Å². The molecule has 4 nitrogen and oxygen atoms in total. The maximum absolute atomic E-state index is 13.7. The lowest BCUT2D eigenvalue weighted by atomic mass is 10.0. The Morgan fingerprint density at radius 3 is 2.62 bits per heavy atom. The topological polar surface area (TPSA) is 42.8 Å². The van der Waals surface area contributed by atoms with Crippen LogP contribution < -0.4 is 0 Å². The number of ether oxygens (including phenoxy) is 1. The van der Waals surface area contributed by atoms with Gasteiger partial charge in [0.15, 0.2) is 0 Å². The third kappa shape index (κ3) is 3.24. The van der Waals surface area contributed by atoms with Crippen LogP contribution in [-0.2, 0) is 10.9 Å². The summed E-state index contributed by atoms with van der Waals surface area (Å²) in [6, 6.07) is 2.23. The predicted molar refractivity (Wildman–Crippen MR) is 83.0 cm³/mol. The lowest BCUT2D eigenvalue weighted by molar-refractivity contribution is -0.137. The van der Waals surface area contributed by atoms with Crippen molar-refractivity contribution in [3.05, 3.63) is 29.6 Å². The van der Waals surface area contributed by atoms with Crippen molar-refractivity contribution < 1.29 is 26.7 Å². The van der Waals surface area contributed by atoms with Crippen molar-refractivity contribution in [3.8, 4) is 11.4 Å². The molecule has 1 N–H and O–H groups in total. The van der Waals surface area contributed by atoms with Gasteiger partial charge < -0.3 is 9.72 Å². The van der Waals surface area contributed by atoms with Crippen LogP contribution in [0.4, 0.5) is 22.0 Å². The van der Waals surface area contributed by atoms with Gasteiger partial charge in [-0.1, -0.05) is 0 Å². The first kappa shape index (κ1) is 17.5. The molecule has 2 aromatic heterocycles. The van der Waals surface area contributed by atoms with E-state index in [4.69, 9.17) is 4.74 Å². The van der Waals surface area contributed by atoms with Gasteiger partial charge in [-0.15, -0.1) is 0 Å². The summed E-state index contributed by atoms with van der Waals surface area (Å²) in [6.45, 7) is 1.04. The zero-order valence-electron chi connectivity index (χ0n) is 13.8. The molecule has 1 saturated carbocycles. The number of hydrogen-bond acceptors (Lipinski definition) is 2. The number of halogens is 5. The maximum atomic E-state index is 13.7. The van der Waals surface area contributed by atoms with Gasteiger partial charge in [0.2, 0.25) is 5.92 Å².